The van der Waals surface area contributed by atoms with E-state index in [1.54, 1.807) is 0 Å². The highest BCUT2D eigenvalue weighted by Crippen LogP contribution is 2.13. The zero-order valence-corrected chi connectivity index (χ0v) is 6.65. The number of benzene rings is 1. The summed E-state index contributed by atoms with van der Waals surface area (Å²) in [7, 11) is -2.22. The largest absolute Gasteiger partial charge is 0.495 e. The van der Waals surface area contributed by atoms with Gasteiger partial charge in [0.05, 0.1) is 16.5 Å². The number of hydrogen-bond acceptors (Lipinski definition) is 4. The highest BCUT2D eigenvalue weighted by molar-refractivity contribution is 6.60. The summed E-state index contributed by atoms with van der Waals surface area (Å²) in [6.45, 7) is 0. The van der Waals surface area contributed by atoms with Crippen LogP contribution < -0.4 is 5.46 Å². The van der Waals surface area contributed by atoms with Gasteiger partial charge in [-0.2, -0.15) is 0 Å². The van der Waals surface area contributed by atoms with Gasteiger partial charge in [0, 0.05) is 0 Å². The van der Waals surface area contributed by atoms with Gasteiger partial charge in [-0.3, -0.25) is 10.1 Å². The van der Waals surface area contributed by atoms with Crippen molar-refractivity contribution in [3.63, 3.8) is 0 Å². The van der Waals surface area contributed by atoms with E-state index < -0.39 is 34.8 Å². The Hall–Kier alpha value is -1.54. The Morgan fingerprint density at radius 3 is 2.21 bits per heavy atom. The highest BCUT2D eigenvalue weighted by Gasteiger charge is 2.26. The second-order valence-corrected chi connectivity index (χ2v) is 2.46. The monoisotopic (exact) mass is 203 g/mol. The van der Waals surface area contributed by atoms with Crippen molar-refractivity contribution in [2.45, 2.75) is 0 Å². The number of rotatable bonds is 2. The first-order chi connectivity index (χ1) is 6.43. The Labute approximate surface area is 76.9 Å². The zero-order valence-electron chi connectivity index (χ0n) is 6.65. The fourth-order valence-corrected chi connectivity index (χ4v) is 0.917. The third-order valence-corrected chi connectivity index (χ3v) is 1.54. The molecule has 0 saturated heterocycles. The number of nitrogens with zero attached hydrogens (tertiary/aromatic N) is 1. The van der Waals surface area contributed by atoms with Crippen LogP contribution in [0, 0.1) is 21.7 Å². The smallest absolute Gasteiger partial charge is 0.423 e. The molecule has 0 radical (unpaired) electrons. The molecular weight excluding hydrogens is 199 g/mol. The summed E-state index contributed by atoms with van der Waals surface area (Å²) in [4.78, 5) is 9.25. The van der Waals surface area contributed by atoms with Gasteiger partial charge in [-0.15, -0.1) is 0 Å². The van der Waals surface area contributed by atoms with Crippen molar-refractivity contribution in [2.24, 2.45) is 0 Å². The standard InChI is InChI=1S/C6H4BF2NO4/c8-4-1-3(7(11)12)6(10(13)14)2-5(4)9/h1-2,11-12H. The summed E-state index contributed by atoms with van der Waals surface area (Å²) in [5.41, 5.74) is -1.56. The van der Waals surface area contributed by atoms with Crippen LogP contribution in [-0.4, -0.2) is 22.1 Å². The van der Waals surface area contributed by atoms with Gasteiger partial charge in [0.15, 0.2) is 11.6 Å². The van der Waals surface area contributed by atoms with E-state index >= 15 is 0 Å². The Morgan fingerprint density at radius 2 is 1.79 bits per heavy atom. The quantitative estimate of drug-likeness (QED) is 0.387. The van der Waals surface area contributed by atoms with Crippen molar-refractivity contribution in [1.29, 1.82) is 0 Å². The van der Waals surface area contributed by atoms with E-state index in [1.807, 2.05) is 0 Å². The molecule has 1 aromatic rings. The Morgan fingerprint density at radius 1 is 1.29 bits per heavy atom. The lowest BCUT2D eigenvalue weighted by atomic mass is 9.79. The van der Waals surface area contributed by atoms with E-state index in [2.05, 4.69) is 0 Å². The average molecular weight is 203 g/mol. The fraction of sp³-hybridized carbons (Fsp3) is 0. The van der Waals surface area contributed by atoms with Crippen LogP contribution in [0.1, 0.15) is 0 Å². The van der Waals surface area contributed by atoms with Gasteiger partial charge in [-0.1, -0.05) is 0 Å². The van der Waals surface area contributed by atoms with Crippen molar-refractivity contribution in [2.75, 3.05) is 0 Å². The molecule has 0 heterocycles. The van der Waals surface area contributed by atoms with Crippen molar-refractivity contribution in [3.8, 4) is 0 Å². The lowest BCUT2D eigenvalue weighted by Crippen LogP contribution is -2.32. The molecule has 0 aromatic heterocycles. The molecule has 0 atom stereocenters. The van der Waals surface area contributed by atoms with Crippen LogP contribution in [0.4, 0.5) is 14.5 Å². The van der Waals surface area contributed by atoms with Crippen LogP contribution in [0.15, 0.2) is 12.1 Å². The van der Waals surface area contributed by atoms with E-state index in [9.17, 15) is 18.9 Å². The van der Waals surface area contributed by atoms with Crippen LogP contribution in [0.2, 0.25) is 0 Å². The number of nitro groups is 1. The zero-order chi connectivity index (χ0) is 10.9. The van der Waals surface area contributed by atoms with Gasteiger partial charge in [0.25, 0.3) is 5.69 Å². The molecule has 0 aliphatic rings. The van der Waals surface area contributed by atoms with Crippen molar-refractivity contribution in [3.05, 3.63) is 33.9 Å². The van der Waals surface area contributed by atoms with Crippen LogP contribution in [0.3, 0.4) is 0 Å². The summed E-state index contributed by atoms with van der Waals surface area (Å²) in [6, 6.07) is 0.669. The second-order valence-electron chi connectivity index (χ2n) is 2.46. The molecule has 0 saturated carbocycles. The fourth-order valence-electron chi connectivity index (χ4n) is 0.917. The van der Waals surface area contributed by atoms with Gasteiger partial charge in [-0.05, 0) is 6.07 Å². The molecule has 1 aromatic carbocycles. The first-order valence-electron chi connectivity index (χ1n) is 3.43. The molecule has 74 valence electrons. The SMILES string of the molecule is O=[N+]([O-])c1cc(F)c(F)cc1B(O)O. The average Bonchev–Trinajstić information content (AvgIpc) is 2.08. The topological polar surface area (TPSA) is 83.6 Å². The maximum atomic E-state index is 12.6. The van der Waals surface area contributed by atoms with Gasteiger partial charge in [0.1, 0.15) is 0 Å². The van der Waals surface area contributed by atoms with Crippen LogP contribution in [0.5, 0.6) is 0 Å². The summed E-state index contributed by atoms with van der Waals surface area (Å²) in [5.74, 6) is -2.79. The second kappa shape index (κ2) is 3.68. The first kappa shape index (κ1) is 10.5. The van der Waals surface area contributed by atoms with Gasteiger partial charge >= 0.3 is 7.12 Å². The Kier molecular flexibility index (Phi) is 2.77. The van der Waals surface area contributed by atoms with Gasteiger partial charge < -0.3 is 10.0 Å². The van der Waals surface area contributed by atoms with E-state index in [0.717, 1.165) is 0 Å². The predicted octanol–water partition coefficient (Wildman–Crippen LogP) is -0.447. The van der Waals surface area contributed by atoms with Crippen LogP contribution >= 0.6 is 0 Å². The lowest BCUT2D eigenvalue weighted by molar-refractivity contribution is -0.384. The first-order valence-corrected chi connectivity index (χ1v) is 3.43. The minimum Gasteiger partial charge on any atom is -0.423 e. The summed E-state index contributed by atoms with van der Waals surface area (Å²) in [5, 5.41) is 27.5. The minimum absolute atomic E-state index is 0.296. The molecule has 0 fully saturated rings. The maximum absolute atomic E-state index is 12.6. The van der Waals surface area contributed by atoms with Crippen molar-refractivity contribution >= 4 is 18.3 Å². The number of halogens is 2. The van der Waals surface area contributed by atoms with Crippen molar-refractivity contribution in [1.82, 2.24) is 0 Å². The van der Waals surface area contributed by atoms with E-state index in [0.29, 0.717) is 12.1 Å². The Balaban J connectivity index is 3.39. The molecule has 0 spiro atoms. The maximum Gasteiger partial charge on any atom is 0.495 e. The summed E-state index contributed by atoms with van der Waals surface area (Å²) >= 11 is 0. The van der Waals surface area contributed by atoms with E-state index in [1.165, 1.54) is 0 Å². The molecule has 0 aliphatic heterocycles. The lowest BCUT2D eigenvalue weighted by Gasteiger charge is -2.01. The van der Waals surface area contributed by atoms with Gasteiger partial charge in [0.2, 0.25) is 0 Å². The van der Waals surface area contributed by atoms with Crippen molar-refractivity contribution < 1.29 is 23.8 Å². The molecule has 0 amide bonds. The molecular formula is C6H4BF2NO4. The molecule has 5 nitrogen and oxygen atoms in total. The van der Waals surface area contributed by atoms with Gasteiger partial charge in [-0.25, -0.2) is 8.78 Å². The molecule has 2 N–H and O–H groups in total. The van der Waals surface area contributed by atoms with E-state index in [-0.39, 0.29) is 0 Å². The third kappa shape index (κ3) is 1.86. The molecule has 1 rings (SSSR count). The predicted molar refractivity (Wildman–Crippen MR) is 42.8 cm³/mol. The summed E-state index contributed by atoms with van der Waals surface area (Å²) < 4.78 is 25.1. The van der Waals surface area contributed by atoms with Crippen LogP contribution in [0.25, 0.3) is 0 Å². The number of nitro benzene ring substituents is 1. The third-order valence-electron chi connectivity index (χ3n) is 1.54. The molecule has 8 heteroatoms. The normalized spacial score (nSPS) is 10.0. The number of hydrogen-bond donors (Lipinski definition) is 2. The minimum atomic E-state index is -2.22. The van der Waals surface area contributed by atoms with E-state index in [4.69, 9.17) is 10.0 Å². The van der Waals surface area contributed by atoms with Crippen LogP contribution in [-0.2, 0) is 0 Å². The highest BCUT2D eigenvalue weighted by atomic mass is 19.2. The Bertz CT molecular complexity index is 384. The summed E-state index contributed by atoms with van der Waals surface area (Å²) in [6.07, 6.45) is 0. The molecule has 0 aliphatic carbocycles. The molecule has 0 unspecified atom stereocenters. The molecule has 0 bridgehead atoms. The molecule has 14 heavy (non-hydrogen) atoms.